The molecule has 1 saturated heterocycles. The first kappa shape index (κ1) is 32.7. The van der Waals surface area contributed by atoms with E-state index in [4.69, 9.17) is 0 Å². The Morgan fingerprint density at radius 2 is 1.80 bits per heavy atom. The number of hydrogen-bond donors (Lipinski definition) is 2. The Hall–Kier alpha value is -4.66. The van der Waals surface area contributed by atoms with E-state index in [2.05, 4.69) is 70.4 Å². The molecule has 2 N–H and O–H groups in total. The van der Waals surface area contributed by atoms with E-state index in [0.29, 0.717) is 44.3 Å². The molecule has 46 heavy (non-hydrogen) atoms. The van der Waals surface area contributed by atoms with Crippen molar-refractivity contribution < 1.29 is 9.72 Å². The lowest BCUT2D eigenvalue weighted by Crippen LogP contribution is -2.43. The number of nitro groups is 1. The van der Waals surface area contributed by atoms with Crippen molar-refractivity contribution in [3.05, 3.63) is 111 Å². The van der Waals surface area contributed by atoms with Crippen molar-refractivity contribution in [1.82, 2.24) is 25.1 Å². The summed E-state index contributed by atoms with van der Waals surface area (Å²) in [6.45, 7) is 15.5. The standard InChI is InChI=1S/C37H46N6O3/c1-7-41(8-2)36(44)37(5,6)30-9-10-33-32(22-30)31(35(40-33)29-20-25(3)19-26(4)21-29)13-17-39-34(24-43(45)46)42-18-14-28(23-42)27-11-15-38-16-12-27/h9-12,15-16,19-22,24,28,39-40H,7-8,13-14,17-18,23H2,1-6H3/b34-24+. The van der Waals surface area contributed by atoms with Gasteiger partial charge in [0.1, 0.15) is 0 Å². The molecular formula is C37H46N6O3. The van der Waals surface area contributed by atoms with Crippen LogP contribution in [0.2, 0.25) is 0 Å². The molecule has 9 heteroatoms. The third-order valence-corrected chi connectivity index (χ3v) is 9.34. The normalized spacial score (nSPS) is 15.4. The van der Waals surface area contributed by atoms with Crippen molar-refractivity contribution in [2.24, 2.45) is 0 Å². The number of aryl methyl sites for hydroxylation is 2. The molecule has 9 nitrogen and oxygen atoms in total. The molecule has 0 bridgehead atoms. The summed E-state index contributed by atoms with van der Waals surface area (Å²) in [5, 5.41) is 16.2. The number of nitrogens with one attached hydrogen (secondary N) is 2. The molecule has 1 aliphatic rings. The van der Waals surface area contributed by atoms with Gasteiger partial charge in [-0.25, -0.2) is 0 Å². The molecule has 0 spiro atoms. The van der Waals surface area contributed by atoms with Gasteiger partial charge in [0, 0.05) is 67.6 Å². The number of carbonyl (C=O) groups excluding carboxylic acids is 1. The summed E-state index contributed by atoms with van der Waals surface area (Å²) in [4.78, 5) is 36.6. The smallest absolute Gasteiger partial charge is 0.274 e. The third kappa shape index (κ3) is 6.93. The maximum atomic E-state index is 13.6. The lowest BCUT2D eigenvalue weighted by molar-refractivity contribution is -0.404. The Kier molecular flexibility index (Phi) is 9.79. The zero-order valence-electron chi connectivity index (χ0n) is 27.9. The van der Waals surface area contributed by atoms with Crippen LogP contribution in [0, 0.1) is 24.0 Å². The Morgan fingerprint density at radius 3 is 2.46 bits per heavy atom. The highest BCUT2D eigenvalue weighted by atomic mass is 16.6. The molecule has 2 aromatic carbocycles. The Morgan fingerprint density at radius 1 is 1.11 bits per heavy atom. The number of nitrogens with zero attached hydrogens (tertiary/aromatic N) is 4. The highest BCUT2D eigenvalue weighted by Crippen LogP contribution is 2.36. The van der Waals surface area contributed by atoms with E-state index in [1.54, 1.807) is 12.4 Å². The summed E-state index contributed by atoms with van der Waals surface area (Å²) < 4.78 is 0. The summed E-state index contributed by atoms with van der Waals surface area (Å²) >= 11 is 0. The molecule has 5 rings (SSSR count). The number of aromatic nitrogens is 2. The van der Waals surface area contributed by atoms with Gasteiger partial charge in [-0.3, -0.25) is 19.9 Å². The number of carbonyl (C=O) groups is 1. The quantitative estimate of drug-likeness (QED) is 0.135. The molecule has 0 radical (unpaired) electrons. The fraction of sp³-hybridized carbons (Fsp3) is 0.405. The van der Waals surface area contributed by atoms with Crippen molar-refractivity contribution in [2.45, 2.75) is 65.7 Å². The Bertz CT molecular complexity index is 1720. The number of aromatic amines is 1. The van der Waals surface area contributed by atoms with Crippen LogP contribution < -0.4 is 5.32 Å². The maximum absolute atomic E-state index is 13.6. The van der Waals surface area contributed by atoms with Crippen LogP contribution in [0.5, 0.6) is 0 Å². The average Bonchev–Trinajstić information content (AvgIpc) is 3.66. The minimum atomic E-state index is -0.699. The molecule has 242 valence electrons. The predicted molar refractivity (Wildman–Crippen MR) is 184 cm³/mol. The predicted octanol–water partition coefficient (Wildman–Crippen LogP) is 6.69. The highest BCUT2D eigenvalue weighted by molar-refractivity contribution is 5.94. The van der Waals surface area contributed by atoms with Crippen molar-refractivity contribution in [1.29, 1.82) is 0 Å². The number of likely N-dealkylation sites (tertiary alicyclic amines) is 1. The average molecular weight is 623 g/mol. The number of pyridine rings is 1. The molecule has 1 fully saturated rings. The summed E-state index contributed by atoms with van der Waals surface area (Å²) in [5.41, 5.74) is 8.08. The van der Waals surface area contributed by atoms with Gasteiger partial charge in [0.25, 0.3) is 6.20 Å². The number of amides is 1. The van der Waals surface area contributed by atoms with Crippen LogP contribution in [0.1, 0.15) is 67.9 Å². The van der Waals surface area contributed by atoms with Crippen LogP contribution in [0.3, 0.4) is 0 Å². The van der Waals surface area contributed by atoms with Crippen LogP contribution in [-0.2, 0) is 16.6 Å². The molecular weight excluding hydrogens is 576 g/mol. The van der Waals surface area contributed by atoms with E-state index in [1.165, 1.54) is 16.7 Å². The topological polar surface area (TPSA) is 107 Å². The maximum Gasteiger partial charge on any atom is 0.274 e. The largest absolute Gasteiger partial charge is 0.366 e. The van der Waals surface area contributed by atoms with Crippen LogP contribution >= 0.6 is 0 Å². The molecule has 1 aliphatic heterocycles. The van der Waals surface area contributed by atoms with Gasteiger partial charge in [0.15, 0.2) is 5.82 Å². The second kappa shape index (κ2) is 13.8. The number of likely N-dealkylation sites (N-methyl/N-ethyl adjacent to an activating group) is 1. The monoisotopic (exact) mass is 622 g/mol. The number of rotatable bonds is 12. The SMILES string of the molecule is CCN(CC)C(=O)C(C)(C)c1ccc2[nH]c(-c3cc(C)cc(C)c3)c(CCN/C(=C\[N+](=O)[O-])N3CCC(c4ccncc4)C3)c2c1. The number of hydrogen-bond acceptors (Lipinski definition) is 6. The van der Waals surface area contributed by atoms with Gasteiger partial charge in [-0.05, 0) is 113 Å². The van der Waals surface area contributed by atoms with E-state index in [9.17, 15) is 14.9 Å². The van der Waals surface area contributed by atoms with Crippen LogP contribution in [0.15, 0.2) is 72.9 Å². The molecule has 1 unspecified atom stereocenters. The second-order valence-electron chi connectivity index (χ2n) is 12.9. The zero-order chi connectivity index (χ0) is 33.0. The van der Waals surface area contributed by atoms with E-state index in [0.717, 1.165) is 52.5 Å². The summed E-state index contributed by atoms with van der Waals surface area (Å²) in [6, 6.07) is 16.9. The van der Waals surface area contributed by atoms with E-state index in [-0.39, 0.29) is 10.8 Å². The minimum Gasteiger partial charge on any atom is -0.366 e. The van der Waals surface area contributed by atoms with Crippen molar-refractivity contribution in [2.75, 3.05) is 32.7 Å². The number of benzene rings is 2. The van der Waals surface area contributed by atoms with Gasteiger partial charge in [-0.15, -0.1) is 0 Å². The highest BCUT2D eigenvalue weighted by Gasteiger charge is 2.33. The number of fused-ring (bicyclic) bond motifs is 1. The van der Waals surface area contributed by atoms with E-state index < -0.39 is 5.41 Å². The fourth-order valence-corrected chi connectivity index (χ4v) is 6.83. The lowest BCUT2D eigenvalue weighted by Gasteiger charge is -2.31. The molecule has 2 aromatic heterocycles. The summed E-state index contributed by atoms with van der Waals surface area (Å²) in [7, 11) is 0. The number of H-pyrrole nitrogens is 1. The Labute approximate surface area is 271 Å². The van der Waals surface area contributed by atoms with Gasteiger partial charge < -0.3 is 20.1 Å². The van der Waals surface area contributed by atoms with Crippen LogP contribution in [0.4, 0.5) is 0 Å². The van der Waals surface area contributed by atoms with Gasteiger partial charge in [0.2, 0.25) is 5.91 Å². The van der Waals surface area contributed by atoms with Gasteiger partial charge in [0.05, 0.1) is 10.3 Å². The molecule has 1 amide bonds. The van der Waals surface area contributed by atoms with E-state index in [1.807, 2.05) is 44.7 Å². The van der Waals surface area contributed by atoms with Gasteiger partial charge in [-0.1, -0.05) is 23.3 Å². The van der Waals surface area contributed by atoms with Crippen LogP contribution in [-0.4, -0.2) is 63.3 Å². The molecule has 0 aliphatic carbocycles. The first-order valence-electron chi connectivity index (χ1n) is 16.3. The van der Waals surface area contributed by atoms with Gasteiger partial charge in [-0.2, -0.15) is 0 Å². The fourth-order valence-electron chi connectivity index (χ4n) is 6.83. The molecule has 4 aromatic rings. The first-order valence-corrected chi connectivity index (χ1v) is 16.3. The zero-order valence-corrected chi connectivity index (χ0v) is 27.9. The van der Waals surface area contributed by atoms with Gasteiger partial charge >= 0.3 is 0 Å². The summed E-state index contributed by atoms with van der Waals surface area (Å²) in [6.07, 6.45) is 6.24. The molecule has 3 heterocycles. The molecule has 1 atom stereocenters. The third-order valence-electron chi connectivity index (χ3n) is 9.34. The van der Waals surface area contributed by atoms with Crippen molar-refractivity contribution in [3.63, 3.8) is 0 Å². The van der Waals surface area contributed by atoms with Crippen molar-refractivity contribution in [3.8, 4) is 11.3 Å². The summed E-state index contributed by atoms with van der Waals surface area (Å²) in [5.74, 6) is 0.932. The second-order valence-corrected chi connectivity index (χ2v) is 12.9. The van der Waals surface area contributed by atoms with E-state index >= 15 is 0 Å². The van der Waals surface area contributed by atoms with Crippen LogP contribution in [0.25, 0.3) is 22.2 Å². The first-order chi connectivity index (χ1) is 22.0. The lowest BCUT2D eigenvalue weighted by atomic mass is 9.82. The molecule has 0 saturated carbocycles. The Balaban J connectivity index is 1.47. The van der Waals surface area contributed by atoms with Crippen molar-refractivity contribution >= 4 is 16.8 Å². The minimum absolute atomic E-state index is 0.107.